The van der Waals surface area contributed by atoms with Crippen LogP contribution < -0.4 is 0 Å². The average Bonchev–Trinajstić information content (AvgIpc) is 3.81. The summed E-state index contributed by atoms with van der Waals surface area (Å²) < 4.78 is 9.27. The Balaban J connectivity index is 0.986. The maximum absolute atomic E-state index is 5.27. The van der Waals surface area contributed by atoms with Crippen molar-refractivity contribution < 1.29 is 0 Å². The summed E-state index contributed by atoms with van der Waals surface area (Å²) in [6, 6.07) is 67.0. The molecule has 0 saturated carbocycles. The number of hydrogen-bond donors (Lipinski definition) is 0. The lowest BCUT2D eigenvalue weighted by molar-refractivity contribution is 1.07. The van der Waals surface area contributed by atoms with Gasteiger partial charge in [-0.1, -0.05) is 176 Å². The van der Waals surface area contributed by atoms with Gasteiger partial charge in [0.05, 0.1) is 22.9 Å². The predicted molar refractivity (Wildman–Crippen MR) is 242 cm³/mol. The van der Waals surface area contributed by atoms with Crippen molar-refractivity contribution in [3.05, 3.63) is 194 Å². The maximum atomic E-state index is 5.27. The van der Waals surface area contributed by atoms with Crippen molar-refractivity contribution in [2.24, 2.45) is 0 Å². The summed E-state index contributed by atoms with van der Waals surface area (Å²) >= 11 is 1.24. The lowest BCUT2D eigenvalue weighted by Gasteiger charge is -2.12. The topological polar surface area (TPSA) is 77.3 Å². The molecule has 0 atom stereocenters. The number of aromatic nitrogens is 6. The third kappa shape index (κ3) is 6.49. The van der Waals surface area contributed by atoms with Crippen LogP contribution in [0.2, 0.25) is 0 Å². The zero-order valence-corrected chi connectivity index (χ0v) is 32.4. The number of pyridine rings is 1. The molecule has 3 aromatic heterocycles. The lowest BCUT2D eigenvalue weighted by Crippen LogP contribution is -2.00. The van der Waals surface area contributed by atoms with Gasteiger partial charge < -0.3 is 0 Å². The Hall–Kier alpha value is -7.74. The van der Waals surface area contributed by atoms with E-state index in [1.165, 1.54) is 11.7 Å². The zero-order chi connectivity index (χ0) is 39.1. The summed E-state index contributed by atoms with van der Waals surface area (Å²) in [5.41, 5.74) is 14.2. The highest BCUT2D eigenvalue weighted by molar-refractivity contribution is 7.00. The van der Waals surface area contributed by atoms with Crippen LogP contribution in [0.15, 0.2) is 194 Å². The summed E-state index contributed by atoms with van der Waals surface area (Å²) in [5, 5.41) is 3.20. The first-order chi connectivity index (χ1) is 29.2. The fraction of sp³-hybridized carbons (Fsp3) is 0. The van der Waals surface area contributed by atoms with Gasteiger partial charge in [-0.05, 0) is 51.6 Å². The Kier molecular flexibility index (Phi) is 8.56. The van der Waals surface area contributed by atoms with E-state index in [0.717, 1.165) is 94.0 Å². The van der Waals surface area contributed by atoms with Crippen molar-refractivity contribution in [2.45, 2.75) is 0 Å². The highest BCUT2D eigenvalue weighted by Gasteiger charge is 2.17. The van der Waals surface area contributed by atoms with E-state index in [1.54, 1.807) is 0 Å². The zero-order valence-electron chi connectivity index (χ0n) is 31.6. The van der Waals surface area contributed by atoms with E-state index in [4.69, 9.17) is 24.3 Å². The molecule has 0 N–H and O–H groups in total. The summed E-state index contributed by atoms with van der Waals surface area (Å²) in [4.78, 5) is 20.4. The van der Waals surface area contributed by atoms with Gasteiger partial charge in [-0.2, -0.15) is 8.75 Å². The van der Waals surface area contributed by atoms with Gasteiger partial charge in [0.2, 0.25) is 0 Å². The molecule has 3 heterocycles. The van der Waals surface area contributed by atoms with Gasteiger partial charge in [0, 0.05) is 38.4 Å². The fourth-order valence-corrected chi connectivity index (χ4v) is 8.34. The van der Waals surface area contributed by atoms with Crippen LogP contribution in [0.5, 0.6) is 0 Å². The summed E-state index contributed by atoms with van der Waals surface area (Å²) in [5.74, 6) is 1.84. The molecule has 0 bridgehead atoms. The van der Waals surface area contributed by atoms with E-state index in [0.29, 0.717) is 17.5 Å². The summed E-state index contributed by atoms with van der Waals surface area (Å²) in [7, 11) is 0. The molecule has 0 fully saturated rings. The van der Waals surface area contributed by atoms with Crippen LogP contribution in [0.3, 0.4) is 0 Å². The number of hydrogen-bond acceptors (Lipinski definition) is 7. The molecule has 0 aliphatic carbocycles. The van der Waals surface area contributed by atoms with Crippen LogP contribution >= 0.6 is 11.7 Å². The SMILES string of the molecule is c1ccc(-c2ccc(-c3nc(-c4ccc(-c5ccccc5)cc4)nc(-c4ccc(-c5ccc6c(c5)nc(-c5ccccc5)c5ccc7nsnc7c56)cc4)n3)cc2)cc1. The normalized spacial score (nSPS) is 11.4. The molecule has 11 aromatic rings. The Morgan fingerprint density at radius 2 is 0.695 bits per heavy atom. The highest BCUT2D eigenvalue weighted by atomic mass is 32.1. The molecule has 59 heavy (non-hydrogen) atoms. The van der Waals surface area contributed by atoms with Crippen molar-refractivity contribution in [3.63, 3.8) is 0 Å². The van der Waals surface area contributed by atoms with E-state index < -0.39 is 0 Å². The first-order valence-electron chi connectivity index (χ1n) is 19.4. The summed E-state index contributed by atoms with van der Waals surface area (Å²) in [6.07, 6.45) is 0. The Bertz CT molecular complexity index is 3180. The molecular formula is C52H32N6S. The maximum Gasteiger partial charge on any atom is 0.164 e. The van der Waals surface area contributed by atoms with Gasteiger partial charge in [0.25, 0.3) is 0 Å². The molecule has 0 unspecified atom stereocenters. The third-order valence-corrected chi connectivity index (χ3v) is 11.4. The van der Waals surface area contributed by atoms with Crippen molar-refractivity contribution in [2.75, 3.05) is 0 Å². The molecule has 7 heteroatoms. The van der Waals surface area contributed by atoms with E-state index in [-0.39, 0.29) is 0 Å². The van der Waals surface area contributed by atoms with Crippen LogP contribution in [-0.2, 0) is 0 Å². The number of fused-ring (bicyclic) bond motifs is 5. The Morgan fingerprint density at radius 3 is 1.20 bits per heavy atom. The second-order valence-corrected chi connectivity index (χ2v) is 15.0. The van der Waals surface area contributed by atoms with Crippen molar-refractivity contribution in [1.29, 1.82) is 0 Å². The van der Waals surface area contributed by atoms with E-state index in [2.05, 4.69) is 174 Å². The van der Waals surface area contributed by atoms with Gasteiger partial charge in [-0.15, -0.1) is 0 Å². The molecule has 0 aliphatic rings. The molecule has 0 aliphatic heterocycles. The third-order valence-electron chi connectivity index (χ3n) is 10.8. The van der Waals surface area contributed by atoms with E-state index >= 15 is 0 Å². The van der Waals surface area contributed by atoms with Gasteiger partial charge in [0.1, 0.15) is 11.0 Å². The predicted octanol–water partition coefficient (Wildman–Crippen LogP) is 13.2. The minimum atomic E-state index is 0.607. The largest absolute Gasteiger partial charge is 0.247 e. The Morgan fingerprint density at radius 1 is 0.288 bits per heavy atom. The molecule has 0 radical (unpaired) electrons. The number of nitrogens with zero attached hydrogens (tertiary/aromatic N) is 6. The van der Waals surface area contributed by atoms with Crippen LogP contribution in [0.1, 0.15) is 0 Å². The van der Waals surface area contributed by atoms with Crippen LogP contribution in [0.4, 0.5) is 0 Å². The van der Waals surface area contributed by atoms with Crippen molar-refractivity contribution >= 4 is 44.4 Å². The molecule has 8 aromatic carbocycles. The molecule has 276 valence electrons. The lowest BCUT2D eigenvalue weighted by atomic mass is 9.96. The number of rotatable bonds is 7. The van der Waals surface area contributed by atoms with Gasteiger partial charge in [0.15, 0.2) is 17.5 Å². The molecule has 6 nitrogen and oxygen atoms in total. The quantitative estimate of drug-likeness (QED) is 0.150. The second kappa shape index (κ2) is 14.6. The first kappa shape index (κ1) is 34.5. The van der Waals surface area contributed by atoms with Crippen molar-refractivity contribution in [3.8, 4) is 78.8 Å². The van der Waals surface area contributed by atoms with Gasteiger partial charge >= 0.3 is 0 Å². The van der Waals surface area contributed by atoms with Crippen molar-refractivity contribution in [1.82, 2.24) is 28.7 Å². The van der Waals surface area contributed by atoms with Gasteiger partial charge in [-0.25, -0.2) is 19.9 Å². The molecule has 11 rings (SSSR count). The van der Waals surface area contributed by atoms with Crippen LogP contribution in [0, 0.1) is 0 Å². The van der Waals surface area contributed by atoms with Gasteiger partial charge in [-0.3, -0.25) is 0 Å². The monoisotopic (exact) mass is 772 g/mol. The molecule has 0 saturated heterocycles. The summed E-state index contributed by atoms with van der Waals surface area (Å²) in [6.45, 7) is 0. The van der Waals surface area contributed by atoms with Crippen LogP contribution in [-0.4, -0.2) is 28.7 Å². The fourth-order valence-electron chi connectivity index (χ4n) is 7.79. The van der Waals surface area contributed by atoms with E-state index in [9.17, 15) is 0 Å². The molecule has 0 spiro atoms. The second-order valence-electron chi connectivity index (χ2n) is 14.4. The smallest absolute Gasteiger partial charge is 0.164 e. The average molecular weight is 773 g/mol. The highest BCUT2D eigenvalue weighted by Crippen LogP contribution is 2.38. The first-order valence-corrected chi connectivity index (χ1v) is 20.2. The Labute approximate surface area is 344 Å². The standard InChI is InChI=1S/C52H32N6S/c1-4-10-33(11-5-1)35-16-22-39(23-17-35)50-54-51(40-24-18-36(19-25-40)34-12-6-2-7-13-34)56-52(55-50)41-26-20-37(21-27-41)42-28-29-43-46(32-42)53-48(38-14-8-3-9-15-38)44-30-31-45-49(47(43)44)58-59-57-45/h1-32H. The minimum absolute atomic E-state index is 0.607. The minimum Gasteiger partial charge on any atom is -0.247 e. The van der Waals surface area contributed by atoms with E-state index in [1.807, 2.05) is 24.3 Å². The van der Waals surface area contributed by atoms with Crippen LogP contribution in [0.25, 0.3) is 112 Å². The number of benzene rings is 8. The molecule has 0 amide bonds. The molecular weight excluding hydrogens is 741 g/mol.